The van der Waals surface area contributed by atoms with Crippen molar-refractivity contribution in [2.24, 2.45) is 16.8 Å². The number of hydrogen-bond acceptors (Lipinski definition) is 4. The van der Waals surface area contributed by atoms with Gasteiger partial charge in [-0.25, -0.2) is 0 Å². The summed E-state index contributed by atoms with van der Waals surface area (Å²) >= 11 is 0. The highest BCUT2D eigenvalue weighted by atomic mass is 16.5. The summed E-state index contributed by atoms with van der Waals surface area (Å²) in [5.74, 6) is 0.972. The predicted octanol–water partition coefficient (Wildman–Crippen LogP) is 2.31. The Bertz CT molecular complexity index is 537. The van der Waals surface area contributed by atoms with Gasteiger partial charge < -0.3 is 21.0 Å². The molecule has 0 spiro atoms. The van der Waals surface area contributed by atoms with Crippen LogP contribution in [0.1, 0.15) is 37.7 Å². The van der Waals surface area contributed by atoms with Gasteiger partial charge in [0.1, 0.15) is 5.75 Å². The number of hydrogen-bond donors (Lipinski definition) is 3. The number of nitrogens with zero attached hydrogens (tertiary/aromatic N) is 1. The van der Waals surface area contributed by atoms with E-state index in [0.717, 1.165) is 12.8 Å². The molecule has 0 unspecified atom stereocenters. The number of nitrogens with two attached hydrogens (primary N) is 1. The molecule has 0 aromatic heterocycles. The molecule has 0 bridgehead atoms. The molecule has 1 aliphatic rings. The summed E-state index contributed by atoms with van der Waals surface area (Å²) in [7, 11) is 1.51. The van der Waals surface area contributed by atoms with Gasteiger partial charge in [0.05, 0.1) is 12.8 Å². The second kappa shape index (κ2) is 6.97. The summed E-state index contributed by atoms with van der Waals surface area (Å²) in [4.78, 5) is 12.1. The zero-order valence-corrected chi connectivity index (χ0v) is 12.1. The Labute approximate surface area is 124 Å². The van der Waals surface area contributed by atoms with Crippen molar-refractivity contribution in [3.05, 3.63) is 23.8 Å². The highest BCUT2D eigenvalue weighted by molar-refractivity contribution is 5.99. The van der Waals surface area contributed by atoms with E-state index in [1.807, 2.05) is 0 Å². The molecular formula is C15H21N3O3. The minimum atomic E-state index is -0.00301. The Morgan fingerprint density at radius 1 is 1.48 bits per heavy atom. The lowest BCUT2D eigenvalue weighted by molar-refractivity contribution is -0.117. The lowest BCUT2D eigenvalue weighted by Gasteiger charge is -2.13. The molecule has 0 saturated heterocycles. The quantitative estimate of drug-likeness (QED) is 0.335. The number of amidine groups is 1. The zero-order chi connectivity index (χ0) is 15.2. The standard InChI is InChI=1S/C15H21N3O3/c1-21-13-9-11(15(16)18-20)6-7-12(13)17-14(19)8-10-4-2-3-5-10/h6-7,9-10,20H,2-5,8H2,1H3,(H2,16,18)(H,17,19). The molecule has 0 atom stereocenters. The van der Waals surface area contributed by atoms with Gasteiger partial charge in [-0.2, -0.15) is 0 Å². The SMILES string of the molecule is COc1cc(/C(N)=N/O)ccc1NC(=O)CC1CCCC1. The number of methoxy groups -OCH3 is 1. The van der Waals surface area contributed by atoms with Gasteiger partial charge in [0.2, 0.25) is 5.91 Å². The third-order valence-corrected chi connectivity index (χ3v) is 3.83. The van der Waals surface area contributed by atoms with Crippen LogP contribution >= 0.6 is 0 Å². The average molecular weight is 291 g/mol. The van der Waals surface area contributed by atoms with E-state index in [1.165, 1.54) is 20.0 Å². The van der Waals surface area contributed by atoms with Crippen LogP contribution in [0.5, 0.6) is 5.75 Å². The summed E-state index contributed by atoms with van der Waals surface area (Å²) in [5, 5.41) is 14.5. The molecule has 6 nitrogen and oxygen atoms in total. The molecule has 0 radical (unpaired) electrons. The van der Waals surface area contributed by atoms with Crippen molar-refractivity contribution in [1.29, 1.82) is 0 Å². The Morgan fingerprint density at radius 3 is 2.81 bits per heavy atom. The number of ether oxygens (including phenoxy) is 1. The molecule has 6 heteroatoms. The smallest absolute Gasteiger partial charge is 0.224 e. The van der Waals surface area contributed by atoms with Gasteiger partial charge in [0.15, 0.2) is 5.84 Å². The van der Waals surface area contributed by atoms with E-state index in [0.29, 0.717) is 29.3 Å². The van der Waals surface area contributed by atoms with E-state index in [1.54, 1.807) is 18.2 Å². The lowest BCUT2D eigenvalue weighted by atomic mass is 10.0. The molecule has 1 aliphatic carbocycles. The van der Waals surface area contributed by atoms with Crippen LogP contribution in [-0.2, 0) is 4.79 Å². The number of carbonyl (C=O) groups excluding carboxylic acids is 1. The highest BCUT2D eigenvalue weighted by Gasteiger charge is 2.19. The minimum absolute atomic E-state index is 0.00266. The third kappa shape index (κ3) is 3.87. The summed E-state index contributed by atoms with van der Waals surface area (Å²) < 4.78 is 5.24. The van der Waals surface area contributed by atoms with Gasteiger partial charge >= 0.3 is 0 Å². The van der Waals surface area contributed by atoms with Gasteiger partial charge in [-0.15, -0.1) is 0 Å². The average Bonchev–Trinajstić information content (AvgIpc) is 2.99. The molecule has 0 aliphatic heterocycles. The number of carbonyl (C=O) groups is 1. The first-order valence-electron chi connectivity index (χ1n) is 7.10. The Morgan fingerprint density at radius 2 is 2.19 bits per heavy atom. The molecule has 2 rings (SSSR count). The van der Waals surface area contributed by atoms with Gasteiger partial charge in [0, 0.05) is 12.0 Å². The van der Waals surface area contributed by atoms with Gasteiger partial charge in [-0.1, -0.05) is 18.0 Å². The van der Waals surface area contributed by atoms with E-state index < -0.39 is 0 Å². The number of benzene rings is 1. The number of rotatable bonds is 5. The van der Waals surface area contributed by atoms with Gasteiger partial charge in [-0.3, -0.25) is 4.79 Å². The molecule has 114 valence electrons. The molecule has 1 amide bonds. The molecule has 4 N–H and O–H groups in total. The monoisotopic (exact) mass is 291 g/mol. The van der Waals surface area contributed by atoms with E-state index in [-0.39, 0.29) is 11.7 Å². The Balaban J connectivity index is 2.06. The summed E-state index contributed by atoms with van der Waals surface area (Å²) in [6, 6.07) is 4.99. The first-order valence-corrected chi connectivity index (χ1v) is 7.10. The zero-order valence-electron chi connectivity index (χ0n) is 12.1. The predicted molar refractivity (Wildman–Crippen MR) is 80.7 cm³/mol. The lowest BCUT2D eigenvalue weighted by Crippen LogP contribution is -2.17. The van der Waals surface area contributed by atoms with E-state index in [4.69, 9.17) is 15.7 Å². The van der Waals surface area contributed by atoms with Crippen LogP contribution in [0.4, 0.5) is 5.69 Å². The third-order valence-electron chi connectivity index (χ3n) is 3.83. The van der Waals surface area contributed by atoms with E-state index >= 15 is 0 Å². The first-order chi connectivity index (χ1) is 10.1. The van der Waals surface area contributed by atoms with Crippen molar-refractivity contribution in [3.8, 4) is 5.75 Å². The van der Waals surface area contributed by atoms with Crippen LogP contribution < -0.4 is 15.8 Å². The normalized spacial score (nSPS) is 16.0. The van der Waals surface area contributed by atoms with Crippen LogP contribution in [0.25, 0.3) is 0 Å². The van der Waals surface area contributed by atoms with Crippen molar-refractivity contribution in [2.75, 3.05) is 12.4 Å². The minimum Gasteiger partial charge on any atom is -0.495 e. The van der Waals surface area contributed by atoms with Crippen molar-refractivity contribution in [2.45, 2.75) is 32.1 Å². The van der Waals surface area contributed by atoms with Crippen molar-refractivity contribution < 1.29 is 14.7 Å². The van der Waals surface area contributed by atoms with Crippen LogP contribution in [0, 0.1) is 5.92 Å². The second-order valence-corrected chi connectivity index (χ2v) is 5.30. The fourth-order valence-electron chi connectivity index (χ4n) is 2.69. The topological polar surface area (TPSA) is 96.9 Å². The number of nitrogens with one attached hydrogen (secondary N) is 1. The molecule has 1 saturated carbocycles. The van der Waals surface area contributed by atoms with Crippen molar-refractivity contribution in [3.63, 3.8) is 0 Å². The van der Waals surface area contributed by atoms with Crippen molar-refractivity contribution >= 4 is 17.4 Å². The molecular weight excluding hydrogens is 270 g/mol. The highest BCUT2D eigenvalue weighted by Crippen LogP contribution is 2.29. The Kier molecular flexibility index (Phi) is 5.03. The first kappa shape index (κ1) is 15.2. The second-order valence-electron chi connectivity index (χ2n) is 5.30. The van der Waals surface area contributed by atoms with Crippen LogP contribution in [0.15, 0.2) is 23.4 Å². The number of oxime groups is 1. The summed E-state index contributed by atoms with van der Waals surface area (Å²) in [6.07, 6.45) is 5.25. The van der Waals surface area contributed by atoms with Gasteiger partial charge in [-0.05, 0) is 37.0 Å². The summed E-state index contributed by atoms with van der Waals surface area (Å²) in [5.41, 5.74) is 6.66. The molecule has 21 heavy (non-hydrogen) atoms. The van der Waals surface area contributed by atoms with Crippen LogP contribution in [0.2, 0.25) is 0 Å². The summed E-state index contributed by atoms with van der Waals surface area (Å²) in [6.45, 7) is 0. The maximum atomic E-state index is 12.1. The number of anilines is 1. The van der Waals surface area contributed by atoms with Gasteiger partial charge in [0.25, 0.3) is 0 Å². The molecule has 1 fully saturated rings. The fraction of sp³-hybridized carbons (Fsp3) is 0.467. The molecule has 1 aromatic rings. The maximum absolute atomic E-state index is 12.1. The van der Waals surface area contributed by atoms with Crippen LogP contribution in [0.3, 0.4) is 0 Å². The number of amides is 1. The Hall–Kier alpha value is -2.24. The molecule has 0 heterocycles. The largest absolute Gasteiger partial charge is 0.495 e. The van der Waals surface area contributed by atoms with E-state index in [9.17, 15) is 4.79 Å². The molecule has 1 aromatic carbocycles. The fourth-order valence-corrected chi connectivity index (χ4v) is 2.69. The van der Waals surface area contributed by atoms with Crippen molar-refractivity contribution in [1.82, 2.24) is 0 Å². The van der Waals surface area contributed by atoms with E-state index in [2.05, 4.69) is 10.5 Å². The maximum Gasteiger partial charge on any atom is 0.224 e. The van der Waals surface area contributed by atoms with Crippen LogP contribution in [-0.4, -0.2) is 24.1 Å².